The number of carbonyl (C=O) groups is 2. The van der Waals surface area contributed by atoms with Gasteiger partial charge in [0.15, 0.2) is 11.6 Å². The molecule has 4 rings (SSSR count). The van der Waals surface area contributed by atoms with Crippen LogP contribution in [0.15, 0.2) is 78.9 Å². The number of thiophene rings is 1. The summed E-state index contributed by atoms with van der Waals surface area (Å²) >= 11 is 1.33. The summed E-state index contributed by atoms with van der Waals surface area (Å²) in [6, 6.07) is 17.6. The molecule has 0 saturated heterocycles. The lowest BCUT2D eigenvalue weighted by Gasteiger charge is -2.06. The highest BCUT2D eigenvalue weighted by Gasteiger charge is 2.17. The van der Waals surface area contributed by atoms with Crippen molar-refractivity contribution in [3.63, 3.8) is 0 Å². The van der Waals surface area contributed by atoms with Crippen LogP contribution in [0.5, 0.6) is 5.75 Å². The molecule has 3 aromatic carbocycles. The molecule has 35 heavy (non-hydrogen) atoms. The fraction of sp³-hybridized carbons (Fsp3) is 0.172. The lowest BCUT2D eigenvalue weighted by Crippen LogP contribution is -2.09. The highest BCUT2D eigenvalue weighted by atomic mass is 32.1. The van der Waals surface area contributed by atoms with E-state index in [1.807, 2.05) is 18.2 Å². The number of ether oxygens (including phenoxy) is 2. The first-order valence-electron chi connectivity index (χ1n) is 11.2. The van der Waals surface area contributed by atoms with Crippen LogP contribution < -0.4 is 4.74 Å². The molecule has 0 amide bonds. The van der Waals surface area contributed by atoms with E-state index in [1.165, 1.54) is 24.3 Å². The van der Waals surface area contributed by atoms with Gasteiger partial charge in [-0.3, -0.25) is 0 Å². The van der Waals surface area contributed by atoms with E-state index in [0.29, 0.717) is 16.9 Å². The van der Waals surface area contributed by atoms with Crippen molar-refractivity contribution in [3.05, 3.63) is 90.3 Å². The molecule has 1 heterocycles. The molecule has 178 valence electrons. The number of hydrogen-bond donors (Lipinski definition) is 0. The van der Waals surface area contributed by atoms with Gasteiger partial charge in [-0.05, 0) is 61.6 Å². The second-order valence-electron chi connectivity index (χ2n) is 8.45. The minimum absolute atomic E-state index is 0.0951. The molecule has 0 fully saturated rings. The van der Waals surface area contributed by atoms with Gasteiger partial charge in [0.1, 0.15) is 0 Å². The van der Waals surface area contributed by atoms with E-state index < -0.39 is 11.8 Å². The van der Waals surface area contributed by atoms with E-state index in [4.69, 9.17) is 9.47 Å². The maximum atomic E-state index is 15.1. The Morgan fingerprint density at radius 2 is 1.54 bits per heavy atom. The molecule has 0 aliphatic carbocycles. The third-order valence-corrected chi connectivity index (χ3v) is 6.74. The van der Waals surface area contributed by atoms with E-state index in [2.05, 4.69) is 37.4 Å². The standard InChI is InChI=1S/C29H25FO4S/c1-17(2)28(31)33-15-5-6-19-7-9-20(10-8-19)21-11-12-22-23-13-14-24(34-29(32)18(3)4)26(30)27(23)35-25(22)16-21/h7-14,16H,1,3,5-6,15H2,2,4H3. The molecule has 4 nitrogen and oxygen atoms in total. The van der Waals surface area contributed by atoms with E-state index >= 15 is 4.39 Å². The molecule has 0 saturated carbocycles. The van der Waals surface area contributed by atoms with Crippen molar-refractivity contribution in [2.24, 2.45) is 0 Å². The Morgan fingerprint density at radius 3 is 2.23 bits per heavy atom. The molecular formula is C29H25FO4S. The average Bonchev–Trinajstić information content (AvgIpc) is 3.22. The van der Waals surface area contributed by atoms with Crippen LogP contribution in [0, 0.1) is 5.82 Å². The summed E-state index contributed by atoms with van der Waals surface area (Å²) in [6.07, 6.45) is 1.54. The normalized spacial score (nSPS) is 10.9. The van der Waals surface area contributed by atoms with Gasteiger partial charge in [-0.15, -0.1) is 11.3 Å². The number of rotatable bonds is 8. The summed E-state index contributed by atoms with van der Waals surface area (Å²) < 4.78 is 26.8. The number of hydrogen-bond acceptors (Lipinski definition) is 5. The fourth-order valence-corrected chi connectivity index (χ4v) is 4.83. The molecule has 0 spiro atoms. The van der Waals surface area contributed by atoms with Gasteiger partial charge in [-0.2, -0.15) is 0 Å². The molecule has 0 radical (unpaired) electrons. The van der Waals surface area contributed by atoms with Crippen LogP contribution in [0.1, 0.15) is 25.8 Å². The molecule has 1 aromatic heterocycles. The summed E-state index contributed by atoms with van der Waals surface area (Å²) in [6.45, 7) is 10.6. The third kappa shape index (κ3) is 5.33. The van der Waals surface area contributed by atoms with Crippen LogP contribution in [0.2, 0.25) is 0 Å². The lowest BCUT2D eigenvalue weighted by molar-refractivity contribution is -0.139. The molecule has 0 aliphatic heterocycles. The van der Waals surface area contributed by atoms with Crippen LogP contribution in [-0.4, -0.2) is 18.5 Å². The van der Waals surface area contributed by atoms with Gasteiger partial charge in [0.2, 0.25) is 0 Å². The molecule has 6 heteroatoms. The monoisotopic (exact) mass is 488 g/mol. The Bertz CT molecular complexity index is 1460. The second-order valence-corrected chi connectivity index (χ2v) is 9.51. The zero-order chi connectivity index (χ0) is 25.1. The van der Waals surface area contributed by atoms with Crippen LogP contribution in [0.3, 0.4) is 0 Å². The first-order valence-corrected chi connectivity index (χ1v) is 12.0. The second kappa shape index (κ2) is 10.2. The van der Waals surface area contributed by atoms with Gasteiger partial charge >= 0.3 is 11.9 Å². The Balaban J connectivity index is 1.52. The summed E-state index contributed by atoms with van der Waals surface area (Å²) in [5.41, 5.74) is 3.85. The van der Waals surface area contributed by atoms with Gasteiger partial charge in [-0.1, -0.05) is 49.6 Å². The largest absolute Gasteiger partial charge is 0.462 e. The Kier molecular flexibility index (Phi) is 7.12. The van der Waals surface area contributed by atoms with Gasteiger partial charge in [0, 0.05) is 26.6 Å². The summed E-state index contributed by atoms with van der Waals surface area (Å²) in [4.78, 5) is 23.3. The minimum Gasteiger partial charge on any atom is -0.462 e. The van der Waals surface area contributed by atoms with Crippen molar-refractivity contribution in [1.82, 2.24) is 0 Å². The Labute approximate surface area is 207 Å². The van der Waals surface area contributed by atoms with Gasteiger partial charge in [-0.25, -0.2) is 14.0 Å². The van der Waals surface area contributed by atoms with Crippen LogP contribution >= 0.6 is 11.3 Å². The van der Waals surface area contributed by atoms with Crippen molar-refractivity contribution < 1.29 is 23.5 Å². The number of fused-ring (bicyclic) bond motifs is 3. The molecule has 0 N–H and O–H groups in total. The van der Waals surface area contributed by atoms with Gasteiger partial charge < -0.3 is 9.47 Å². The minimum atomic E-state index is -0.650. The number of esters is 2. The quantitative estimate of drug-likeness (QED) is 0.112. The molecular weight excluding hydrogens is 463 g/mol. The SMILES string of the molecule is C=C(C)C(=O)OCCCc1ccc(-c2ccc3c(c2)sc2c(F)c(OC(=O)C(=C)C)ccc23)cc1. The fourth-order valence-electron chi connectivity index (χ4n) is 3.66. The molecule has 0 unspecified atom stereocenters. The highest BCUT2D eigenvalue weighted by Crippen LogP contribution is 2.40. The number of halogens is 1. The first-order chi connectivity index (χ1) is 16.7. The Morgan fingerprint density at radius 1 is 0.886 bits per heavy atom. The third-order valence-electron chi connectivity index (χ3n) is 5.58. The lowest BCUT2D eigenvalue weighted by atomic mass is 10.0. The molecule has 0 aliphatic rings. The number of carbonyl (C=O) groups excluding carboxylic acids is 2. The zero-order valence-electron chi connectivity index (χ0n) is 19.7. The smallest absolute Gasteiger partial charge is 0.338 e. The van der Waals surface area contributed by atoms with E-state index in [9.17, 15) is 9.59 Å². The van der Waals surface area contributed by atoms with Gasteiger partial charge in [0.25, 0.3) is 0 Å². The summed E-state index contributed by atoms with van der Waals surface area (Å²) in [5, 5.41) is 1.73. The maximum absolute atomic E-state index is 15.1. The first kappa shape index (κ1) is 24.4. The van der Waals surface area contributed by atoms with Crippen LogP contribution in [0.25, 0.3) is 31.3 Å². The molecule has 0 bridgehead atoms. The molecule has 4 aromatic rings. The van der Waals surface area contributed by atoms with E-state index in [0.717, 1.165) is 45.0 Å². The summed E-state index contributed by atoms with van der Waals surface area (Å²) in [5.74, 6) is -1.65. The highest BCUT2D eigenvalue weighted by molar-refractivity contribution is 7.25. The topological polar surface area (TPSA) is 52.6 Å². The zero-order valence-corrected chi connectivity index (χ0v) is 20.5. The Hall–Kier alpha value is -3.77. The van der Waals surface area contributed by atoms with Crippen molar-refractivity contribution in [2.45, 2.75) is 26.7 Å². The van der Waals surface area contributed by atoms with Crippen LogP contribution in [-0.2, 0) is 20.7 Å². The van der Waals surface area contributed by atoms with Crippen molar-refractivity contribution in [2.75, 3.05) is 6.61 Å². The summed E-state index contributed by atoms with van der Waals surface area (Å²) in [7, 11) is 0. The van der Waals surface area contributed by atoms with Crippen LogP contribution in [0.4, 0.5) is 4.39 Å². The van der Waals surface area contributed by atoms with Gasteiger partial charge in [0.05, 0.1) is 11.3 Å². The van der Waals surface area contributed by atoms with E-state index in [-0.39, 0.29) is 17.3 Å². The number of benzene rings is 3. The van der Waals surface area contributed by atoms with Crippen molar-refractivity contribution in [3.8, 4) is 16.9 Å². The predicted octanol–water partition coefficient (Wildman–Crippen LogP) is 7.39. The van der Waals surface area contributed by atoms with E-state index in [1.54, 1.807) is 13.0 Å². The average molecular weight is 489 g/mol. The predicted molar refractivity (Wildman–Crippen MR) is 139 cm³/mol. The van der Waals surface area contributed by atoms with Crippen molar-refractivity contribution >= 4 is 43.4 Å². The van der Waals surface area contributed by atoms with Crippen molar-refractivity contribution in [1.29, 1.82) is 0 Å². The maximum Gasteiger partial charge on any atom is 0.338 e. The molecule has 0 atom stereocenters. The number of aryl methyl sites for hydroxylation is 1.